The molecular weight excluding hydrogens is 476 g/mol. The Morgan fingerprint density at radius 1 is 1.24 bits per heavy atom. The normalized spacial score (nSPS) is 24.6. The van der Waals surface area contributed by atoms with Gasteiger partial charge in [-0.05, 0) is 61.1 Å². The maximum atomic E-state index is 12.7. The summed E-state index contributed by atoms with van der Waals surface area (Å²) in [5.74, 6) is 0.255. The highest BCUT2D eigenvalue weighted by Gasteiger charge is 2.33. The molecule has 1 aromatic heterocycles. The highest BCUT2D eigenvalue weighted by molar-refractivity contribution is 7.18. The highest BCUT2D eigenvalue weighted by Crippen LogP contribution is 2.33. The number of rotatable bonds is 7. The Kier molecular flexibility index (Phi) is 6.96. The van der Waals surface area contributed by atoms with E-state index in [4.69, 9.17) is 26.8 Å². The summed E-state index contributed by atoms with van der Waals surface area (Å²) in [4.78, 5) is 29.5. The zero-order valence-electron chi connectivity index (χ0n) is 18.9. The van der Waals surface area contributed by atoms with Gasteiger partial charge in [-0.2, -0.15) is 0 Å². The van der Waals surface area contributed by atoms with Gasteiger partial charge in [-0.1, -0.05) is 11.6 Å². The Morgan fingerprint density at radius 2 is 2.12 bits per heavy atom. The minimum atomic E-state index is -0.421. The molecule has 0 radical (unpaired) electrons. The number of thiophene rings is 1. The van der Waals surface area contributed by atoms with E-state index in [0.29, 0.717) is 21.7 Å². The van der Waals surface area contributed by atoms with Crippen LogP contribution in [-0.2, 0) is 15.9 Å². The third-order valence-corrected chi connectivity index (χ3v) is 7.86. The molecule has 3 unspecified atom stereocenters. The van der Waals surface area contributed by atoms with Crippen LogP contribution in [-0.4, -0.2) is 63.5 Å². The first-order valence-corrected chi connectivity index (χ1v) is 12.9. The minimum Gasteiger partial charge on any atom is -0.442 e. The van der Waals surface area contributed by atoms with E-state index >= 15 is 0 Å². The molecule has 3 aliphatic heterocycles. The van der Waals surface area contributed by atoms with Gasteiger partial charge in [0.05, 0.1) is 22.3 Å². The number of cyclic esters (lactones) is 1. The third kappa shape index (κ3) is 5.17. The summed E-state index contributed by atoms with van der Waals surface area (Å²) in [5.41, 5.74) is 9.37. The summed E-state index contributed by atoms with van der Waals surface area (Å²) in [6.45, 7) is 3.98. The maximum Gasteiger partial charge on any atom is 0.414 e. The lowest BCUT2D eigenvalue weighted by atomic mass is 9.96. The Balaban J connectivity index is 1.28. The number of benzene rings is 1. The summed E-state index contributed by atoms with van der Waals surface area (Å²) in [5, 5.41) is 2.83. The van der Waals surface area contributed by atoms with Crippen LogP contribution in [0, 0.1) is 5.92 Å². The molecule has 2 amide bonds. The monoisotopic (exact) mass is 504 g/mol. The van der Waals surface area contributed by atoms with E-state index in [2.05, 4.69) is 22.3 Å². The Bertz CT molecular complexity index is 1060. The van der Waals surface area contributed by atoms with Crippen LogP contribution in [0.5, 0.6) is 0 Å². The van der Waals surface area contributed by atoms with Crippen molar-refractivity contribution in [2.24, 2.45) is 11.7 Å². The van der Waals surface area contributed by atoms with E-state index in [1.807, 2.05) is 6.07 Å². The van der Waals surface area contributed by atoms with Crippen molar-refractivity contribution >= 4 is 46.3 Å². The Morgan fingerprint density at radius 3 is 2.82 bits per heavy atom. The summed E-state index contributed by atoms with van der Waals surface area (Å²) < 4.78 is 11.7. The van der Waals surface area contributed by atoms with Gasteiger partial charge in [0.15, 0.2) is 0 Å². The third-order valence-electron chi connectivity index (χ3n) is 6.63. The number of anilines is 2. The summed E-state index contributed by atoms with van der Waals surface area (Å²) >= 11 is 7.13. The molecule has 0 bridgehead atoms. The van der Waals surface area contributed by atoms with Crippen LogP contribution in [0.1, 0.15) is 28.1 Å². The van der Waals surface area contributed by atoms with Crippen LogP contribution in [0.15, 0.2) is 30.3 Å². The van der Waals surface area contributed by atoms with Crippen molar-refractivity contribution in [1.82, 2.24) is 5.32 Å². The molecule has 4 heterocycles. The minimum absolute atomic E-state index is 0.192. The molecule has 10 heteroatoms. The van der Waals surface area contributed by atoms with Gasteiger partial charge in [0.25, 0.3) is 5.91 Å². The molecule has 3 aliphatic rings. The molecule has 2 aromatic rings. The first kappa shape index (κ1) is 23.4. The van der Waals surface area contributed by atoms with Crippen LogP contribution < -0.4 is 20.9 Å². The van der Waals surface area contributed by atoms with Gasteiger partial charge < -0.3 is 25.4 Å². The van der Waals surface area contributed by atoms with E-state index < -0.39 is 12.2 Å². The number of amides is 2. The number of nitrogens with one attached hydrogen (secondary N) is 1. The molecule has 3 atom stereocenters. The van der Waals surface area contributed by atoms with Gasteiger partial charge in [0.1, 0.15) is 6.10 Å². The SMILES string of the molecule is NC1CCN(c2ccc(N3CC(CNC(=O)c4ccc(Cl)s4)OC3=O)cc2CC2CCOC2)C1. The number of ether oxygens (including phenoxy) is 2. The topological polar surface area (TPSA) is 97.1 Å². The lowest BCUT2D eigenvalue weighted by molar-refractivity contribution is 0.0920. The maximum absolute atomic E-state index is 12.7. The first-order valence-electron chi connectivity index (χ1n) is 11.7. The summed E-state index contributed by atoms with van der Waals surface area (Å²) in [6, 6.07) is 9.74. The first-order chi connectivity index (χ1) is 16.5. The van der Waals surface area contributed by atoms with Gasteiger partial charge in [0.2, 0.25) is 0 Å². The Hall–Kier alpha value is -2.33. The molecule has 3 fully saturated rings. The van der Waals surface area contributed by atoms with E-state index in [1.165, 1.54) is 22.6 Å². The fraction of sp³-hybridized carbons (Fsp3) is 0.500. The van der Waals surface area contributed by atoms with Gasteiger partial charge in [-0.3, -0.25) is 9.69 Å². The number of halogens is 1. The quantitative estimate of drug-likeness (QED) is 0.600. The van der Waals surface area contributed by atoms with Crippen molar-refractivity contribution in [1.29, 1.82) is 0 Å². The summed E-state index contributed by atoms with van der Waals surface area (Å²) in [7, 11) is 0. The largest absolute Gasteiger partial charge is 0.442 e. The van der Waals surface area contributed by atoms with Crippen molar-refractivity contribution in [2.75, 3.05) is 49.2 Å². The number of nitrogens with two attached hydrogens (primary N) is 1. The molecule has 5 rings (SSSR count). The van der Waals surface area contributed by atoms with Crippen molar-refractivity contribution in [2.45, 2.75) is 31.4 Å². The number of hydrogen-bond donors (Lipinski definition) is 2. The van der Waals surface area contributed by atoms with E-state index in [1.54, 1.807) is 17.0 Å². The molecule has 0 aliphatic carbocycles. The molecular formula is C24H29ClN4O4S. The molecule has 0 saturated carbocycles. The lowest BCUT2D eigenvalue weighted by Crippen LogP contribution is -2.34. The fourth-order valence-electron chi connectivity index (χ4n) is 4.84. The zero-order chi connectivity index (χ0) is 23.7. The number of nitrogens with zero attached hydrogens (tertiary/aromatic N) is 2. The average molecular weight is 505 g/mol. The second-order valence-corrected chi connectivity index (χ2v) is 10.9. The standard InChI is InChI=1S/C24H29ClN4O4S/c25-22-4-3-21(34-22)23(30)27-11-19-13-29(24(31)33-19)18-1-2-20(28-7-5-17(26)12-28)16(10-18)9-15-6-8-32-14-15/h1-4,10,15,17,19H,5-9,11-14,26H2,(H,27,30). The van der Waals surface area contributed by atoms with Crippen molar-refractivity contribution < 1.29 is 19.1 Å². The fourth-order valence-corrected chi connectivity index (χ4v) is 5.80. The second kappa shape index (κ2) is 10.1. The highest BCUT2D eigenvalue weighted by atomic mass is 35.5. The van der Waals surface area contributed by atoms with Gasteiger partial charge >= 0.3 is 6.09 Å². The van der Waals surface area contributed by atoms with E-state index in [0.717, 1.165) is 51.3 Å². The van der Waals surface area contributed by atoms with E-state index in [-0.39, 0.29) is 18.5 Å². The number of hydrogen-bond acceptors (Lipinski definition) is 7. The molecule has 34 heavy (non-hydrogen) atoms. The predicted molar refractivity (Wildman–Crippen MR) is 133 cm³/mol. The van der Waals surface area contributed by atoms with Gasteiger partial charge in [-0.25, -0.2) is 4.79 Å². The predicted octanol–water partition coefficient (Wildman–Crippen LogP) is 3.27. The van der Waals surface area contributed by atoms with Gasteiger partial charge in [-0.15, -0.1) is 11.3 Å². The van der Waals surface area contributed by atoms with Crippen LogP contribution in [0.25, 0.3) is 0 Å². The van der Waals surface area contributed by atoms with Crippen LogP contribution in [0.4, 0.5) is 16.2 Å². The van der Waals surface area contributed by atoms with E-state index in [9.17, 15) is 9.59 Å². The zero-order valence-corrected chi connectivity index (χ0v) is 20.4. The second-order valence-electron chi connectivity index (χ2n) is 9.17. The van der Waals surface area contributed by atoms with Crippen LogP contribution in [0.2, 0.25) is 4.34 Å². The van der Waals surface area contributed by atoms with Gasteiger partial charge in [0, 0.05) is 43.7 Å². The summed E-state index contributed by atoms with van der Waals surface area (Å²) in [6.07, 6.45) is 2.11. The number of carbonyl (C=O) groups excluding carboxylic acids is 2. The molecule has 0 spiro atoms. The van der Waals surface area contributed by atoms with Crippen molar-refractivity contribution in [3.63, 3.8) is 0 Å². The molecule has 182 valence electrons. The molecule has 8 nitrogen and oxygen atoms in total. The Labute approximate surface area is 207 Å². The molecule has 3 saturated heterocycles. The van der Waals surface area contributed by atoms with Crippen molar-refractivity contribution in [3.05, 3.63) is 45.1 Å². The smallest absolute Gasteiger partial charge is 0.414 e. The van der Waals surface area contributed by atoms with Crippen molar-refractivity contribution in [3.8, 4) is 0 Å². The molecule has 3 N–H and O–H groups in total. The molecule has 1 aromatic carbocycles. The van der Waals surface area contributed by atoms with Crippen LogP contribution in [0.3, 0.4) is 0 Å². The average Bonchev–Trinajstić information content (AvgIpc) is 3.61. The van der Waals surface area contributed by atoms with Crippen LogP contribution >= 0.6 is 22.9 Å². The lowest BCUT2D eigenvalue weighted by Gasteiger charge is -2.25. The number of carbonyl (C=O) groups is 2.